The number of carbonyl (C=O) groups is 1. The van der Waals surface area contributed by atoms with Crippen LogP contribution in [0.1, 0.15) is 36.0 Å². The molecular formula is C16H15N3O3. The van der Waals surface area contributed by atoms with Crippen molar-refractivity contribution in [2.75, 3.05) is 6.61 Å². The predicted octanol–water partition coefficient (Wildman–Crippen LogP) is 3.20. The van der Waals surface area contributed by atoms with Gasteiger partial charge in [0.05, 0.1) is 17.9 Å². The Morgan fingerprint density at radius 1 is 1.27 bits per heavy atom. The molecule has 1 unspecified atom stereocenters. The largest absolute Gasteiger partial charge is 0.433 e. The van der Waals surface area contributed by atoms with Gasteiger partial charge < -0.3 is 9.15 Å². The Labute approximate surface area is 126 Å². The second kappa shape index (κ2) is 5.38. The topological polar surface area (TPSA) is 70.2 Å². The van der Waals surface area contributed by atoms with Gasteiger partial charge in [-0.2, -0.15) is 5.10 Å². The number of oxazole rings is 1. The first-order chi connectivity index (χ1) is 10.9. The summed E-state index contributed by atoms with van der Waals surface area (Å²) in [6, 6.07) is 5.85. The summed E-state index contributed by atoms with van der Waals surface area (Å²) in [5.74, 6) is 0.645. The lowest BCUT2D eigenvalue weighted by molar-refractivity contribution is -0.0366. The summed E-state index contributed by atoms with van der Waals surface area (Å²) in [6.45, 7) is 0.772. The summed E-state index contributed by atoms with van der Waals surface area (Å²) in [6.07, 6.45) is 7.07. The molecule has 1 aliphatic rings. The van der Waals surface area contributed by atoms with Crippen molar-refractivity contribution in [1.82, 2.24) is 14.8 Å². The van der Waals surface area contributed by atoms with Crippen molar-refractivity contribution in [2.24, 2.45) is 0 Å². The molecule has 1 fully saturated rings. The van der Waals surface area contributed by atoms with Gasteiger partial charge in [-0.15, -0.1) is 0 Å². The Kier molecular flexibility index (Phi) is 3.23. The normalized spacial score (nSPS) is 18.6. The van der Waals surface area contributed by atoms with Gasteiger partial charge in [0.25, 0.3) is 0 Å². The van der Waals surface area contributed by atoms with Crippen LogP contribution in [0.15, 0.2) is 35.0 Å². The Morgan fingerprint density at radius 3 is 3.00 bits per heavy atom. The van der Waals surface area contributed by atoms with Gasteiger partial charge in [0, 0.05) is 17.6 Å². The second-order valence-corrected chi connectivity index (χ2v) is 5.33. The molecule has 0 radical (unpaired) electrons. The first kappa shape index (κ1) is 13.2. The van der Waals surface area contributed by atoms with Crippen LogP contribution in [0.3, 0.4) is 0 Å². The molecule has 4 rings (SSSR count). The van der Waals surface area contributed by atoms with Gasteiger partial charge in [0.15, 0.2) is 18.3 Å². The summed E-state index contributed by atoms with van der Waals surface area (Å²) in [4.78, 5) is 14.9. The highest BCUT2D eigenvalue weighted by molar-refractivity contribution is 5.92. The van der Waals surface area contributed by atoms with Gasteiger partial charge in [-0.1, -0.05) is 6.07 Å². The van der Waals surface area contributed by atoms with Crippen LogP contribution in [0.5, 0.6) is 0 Å². The average molecular weight is 297 g/mol. The molecule has 22 heavy (non-hydrogen) atoms. The van der Waals surface area contributed by atoms with Gasteiger partial charge in [-0.25, -0.2) is 9.67 Å². The number of aldehydes is 1. The van der Waals surface area contributed by atoms with E-state index in [9.17, 15) is 4.79 Å². The van der Waals surface area contributed by atoms with Crippen LogP contribution in [0.4, 0.5) is 0 Å². The first-order valence-electron chi connectivity index (χ1n) is 7.36. The maximum atomic E-state index is 10.8. The number of rotatable bonds is 3. The molecule has 0 saturated carbocycles. The summed E-state index contributed by atoms with van der Waals surface area (Å²) >= 11 is 0. The number of hydrogen-bond acceptors (Lipinski definition) is 5. The number of benzene rings is 1. The fourth-order valence-electron chi connectivity index (χ4n) is 2.87. The Morgan fingerprint density at radius 2 is 2.23 bits per heavy atom. The third-order valence-corrected chi connectivity index (χ3v) is 3.94. The molecule has 0 bridgehead atoms. The van der Waals surface area contributed by atoms with Crippen LogP contribution in [-0.2, 0) is 4.74 Å². The van der Waals surface area contributed by atoms with E-state index in [-0.39, 0.29) is 12.0 Å². The molecule has 6 heteroatoms. The Hall–Kier alpha value is -2.47. The molecule has 1 aliphatic heterocycles. The Bertz CT molecular complexity index is 815. The fraction of sp³-hybridized carbons (Fsp3) is 0.312. The quantitative estimate of drug-likeness (QED) is 0.694. The molecule has 2 aromatic heterocycles. The highest BCUT2D eigenvalue weighted by Gasteiger charge is 2.20. The lowest BCUT2D eigenvalue weighted by atomic mass is 10.1. The van der Waals surface area contributed by atoms with Gasteiger partial charge in [-0.05, 0) is 31.4 Å². The van der Waals surface area contributed by atoms with Crippen LogP contribution >= 0.6 is 0 Å². The zero-order chi connectivity index (χ0) is 14.9. The van der Waals surface area contributed by atoms with Crippen molar-refractivity contribution in [1.29, 1.82) is 0 Å². The van der Waals surface area contributed by atoms with E-state index in [0.29, 0.717) is 12.2 Å². The van der Waals surface area contributed by atoms with Crippen LogP contribution in [0.25, 0.3) is 22.4 Å². The van der Waals surface area contributed by atoms with Gasteiger partial charge in [-0.3, -0.25) is 4.79 Å². The zero-order valence-corrected chi connectivity index (χ0v) is 11.9. The van der Waals surface area contributed by atoms with E-state index >= 15 is 0 Å². The molecule has 3 heterocycles. The van der Waals surface area contributed by atoms with Crippen molar-refractivity contribution < 1.29 is 13.9 Å². The summed E-state index contributed by atoms with van der Waals surface area (Å²) in [5.41, 5.74) is 1.81. The van der Waals surface area contributed by atoms with Gasteiger partial charge in [0.1, 0.15) is 0 Å². The zero-order valence-electron chi connectivity index (χ0n) is 11.9. The van der Waals surface area contributed by atoms with Crippen LogP contribution in [0, 0.1) is 0 Å². The predicted molar refractivity (Wildman–Crippen MR) is 79.5 cm³/mol. The SMILES string of the molecule is O=Cc1cnc(-c2cccc3c2cnn3C2CCCCO2)o1. The summed E-state index contributed by atoms with van der Waals surface area (Å²) < 4.78 is 13.2. The minimum atomic E-state index is -0.0170. The third-order valence-electron chi connectivity index (χ3n) is 3.94. The standard InChI is InChI=1S/C16H15N3O3/c20-10-11-8-17-16(22-11)12-4-3-5-14-13(12)9-18-19(14)15-6-1-2-7-21-15/h3-5,8-10,15H,1-2,6-7H2. The lowest BCUT2D eigenvalue weighted by Crippen LogP contribution is -2.18. The van der Waals surface area contributed by atoms with E-state index in [1.54, 1.807) is 6.20 Å². The number of nitrogens with zero attached hydrogens (tertiary/aromatic N) is 3. The van der Waals surface area contributed by atoms with E-state index in [0.717, 1.165) is 42.3 Å². The number of ether oxygens (including phenoxy) is 1. The minimum Gasteiger partial charge on any atom is -0.433 e. The lowest BCUT2D eigenvalue weighted by Gasteiger charge is -2.23. The van der Waals surface area contributed by atoms with Crippen LogP contribution in [0.2, 0.25) is 0 Å². The van der Waals surface area contributed by atoms with Crippen molar-refractivity contribution in [2.45, 2.75) is 25.5 Å². The average Bonchev–Trinajstić information content (AvgIpc) is 3.22. The minimum absolute atomic E-state index is 0.0170. The fourth-order valence-corrected chi connectivity index (χ4v) is 2.87. The molecule has 0 N–H and O–H groups in total. The molecule has 6 nitrogen and oxygen atoms in total. The van der Waals surface area contributed by atoms with Crippen LogP contribution in [-0.4, -0.2) is 27.7 Å². The maximum absolute atomic E-state index is 10.8. The number of fused-ring (bicyclic) bond motifs is 1. The van der Waals surface area contributed by atoms with E-state index in [4.69, 9.17) is 9.15 Å². The number of hydrogen-bond donors (Lipinski definition) is 0. The molecule has 112 valence electrons. The van der Waals surface area contributed by atoms with Gasteiger partial charge in [0.2, 0.25) is 5.89 Å². The van der Waals surface area contributed by atoms with Crippen molar-refractivity contribution >= 4 is 17.2 Å². The van der Waals surface area contributed by atoms with E-state index in [1.807, 2.05) is 22.9 Å². The number of aromatic nitrogens is 3. The van der Waals surface area contributed by atoms with Crippen molar-refractivity contribution in [3.63, 3.8) is 0 Å². The molecule has 0 amide bonds. The monoisotopic (exact) mass is 297 g/mol. The maximum Gasteiger partial charge on any atom is 0.227 e. The summed E-state index contributed by atoms with van der Waals surface area (Å²) in [7, 11) is 0. The first-order valence-corrected chi connectivity index (χ1v) is 7.36. The van der Waals surface area contributed by atoms with Gasteiger partial charge >= 0.3 is 0 Å². The van der Waals surface area contributed by atoms with Crippen molar-refractivity contribution in [3.8, 4) is 11.5 Å². The van der Waals surface area contributed by atoms with E-state index in [1.165, 1.54) is 6.20 Å². The molecule has 1 aromatic carbocycles. The molecule has 0 spiro atoms. The number of carbonyl (C=O) groups excluding carboxylic acids is 1. The highest BCUT2D eigenvalue weighted by atomic mass is 16.5. The highest BCUT2D eigenvalue weighted by Crippen LogP contribution is 2.31. The van der Waals surface area contributed by atoms with E-state index in [2.05, 4.69) is 10.1 Å². The van der Waals surface area contributed by atoms with E-state index < -0.39 is 0 Å². The van der Waals surface area contributed by atoms with Crippen LogP contribution < -0.4 is 0 Å². The Balaban J connectivity index is 1.80. The molecule has 1 atom stereocenters. The van der Waals surface area contributed by atoms with Crippen molar-refractivity contribution in [3.05, 3.63) is 36.4 Å². The molecular weight excluding hydrogens is 282 g/mol. The molecule has 0 aliphatic carbocycles. The smallest absolute Gasteiger partial charge is 0.227 e. The summed E-state index contributed by atoms with van der Waals surface area (Å²) in [5, 5.41) is 5.43. The second-order valence-electron chi connectivity index (χ2n) is 5.33. The molecule has 3 aromatic rings. The third kappa shape index (κ3) is 2.12. The molecule has 1 saturated heterocycles.